The van der Waals surface area contributed by atoms with E-state index < -0.39 is 15.9 Å². The van der Waals surface area contributed by atoms with Crippen LogP contribution in [-0.4, -0.2) is 52.9 Å². The Balaban J connectivity index is 1.85. The Morgan fingerprint density at radius 1 is 1.28 bits per heavy atom. The Labute approximate surface area is 191 Å². The largest absolute Gasteiger partial charge is 0.396 e. The van der Waals surface area contributed by atoms with E-state index in [1.165, 1.54) is 15.2 Å². The Morgan fingerprint density at radius 2 is 1.97 bits per heavy atom. The van der Waals surface area contributed by atoms with Crippen molar-refractivity contribution in [2.45, 2.75) is 31.7 Å². The lowest BCUT2D eigenvalue weighted by Crippen LogP contribution is -2.31. The zero-order valence-corrected chi connectivity index (χ0v) is 19.2. The van der Waals surface area contributed by atoms with Gasteiger partial charge in [0.2, 0.25) is 10.0 Å². The van der Waals surface area contributed by atoms with Crippen LogP contribution in [0.2, 0.25) is 5.02 Å². The monoisotopic (exact) mass is 476 g/mol. The maximum Gasteiger partial charge on any atom is 0.268 e. The number of amides is 1. The average Bonchev–Trinajstić information content (AvgIpc) is 3.50. The molecule has 0 unspecified atom stereocenters. The van der Waals surface area contributed by atoms with Crippen molar-refractivity contribution in [2.75, 3.05) is 19.4 Å². The van der Waals surface area contributed by atoms with E-state index in [0.29, 0.717) is 34.0 Å². The number of nitrogens with zero attached hydrogens (tertiary/aromatic N) is 3. The molecule has 0 bridgehead atoms. The fourth-order valence-corrected chi connectivity index (χ4v) is 4.87. The van der Waals surface area contributed by atoms with Crippen molar-refractivity contribution in [3.05, 3.63) is 58.2 Å². The molecule has 0 atom stereocenters. The summed E-state index contributed by atoms with van der Waals surface area (Å²) in [5.41, 5.74) is 9.06. The highest BCUT2D eigenvalue weighted by Gasteiger charge is 2.30. The van der Waals surface area contributed by atoms with Crippen LogP contribution in [0.25, 0.3) is 16.6 Å². The number of hydrogen-bond donors (Lipinski definition) is 2. The fraction of sp³-hybridized carbons (Fsp3) is 0.364. The number of halogens is 1. The zero-order valence-electron chi connectivity index (χ0n) is 17.7. The molecule has 1 saturated carbocycles. The van der Waals surface area contributed by atoms with Crippen LogP contribution in [-0.2, 0) is 16.6 Å². The molecule has 3 aromatic rings. The number of fused-ring (bicyclic) bond motifs is 1. The van der Waals surface area contributed by atoms with Crippen molar-refractivity contribution in [3.63, 3.8) is 0 Å². The molecular weight excluding hydrogens is 452 g/mol. The number of benzene rings is 2. The first kappa shape index (κ1) is 22.7. The molecule has 0 aliphatic heterocycles. The Hall–Kier alpha value is -2.46. The molecule has 0 spiro atoms. The molecule has 10 heteroatoms. The number of primary amides is 1. The molecule has 1 amide bonds. The number of aliphatic hydroxyl groups is 1. The molecule has 1 heterocycles. The molecule has 4 rings (SSSR count). The molecule has 1 aromatic heterocycles. The number of hydrogen-bond acceptors (Lipinski definition) is 5. The van der Waals surface area contributed by atoms with Crippen molar-refractivity contribution >= 4 is 38.4 Å². The lowest BCUT2D eigenvalue weighted by Gasteiger charge is -2.21. The zero-order chi connectivity index (χ0) is 23.0. The quantitative estimate of drug-likeness (QED) is 0.492. The SMILES string of the molecule is CS(=O)(=O)N(CCCO)Cc1cc2nn(-c3ccc(Cl)cc3)c(C(N)=O)c2cc1C1CC1. The van der Waals surface area contributed by atoms with E-state index >= 15 is 0 Å². The predicted molar refractivity (Wildman–Crippen MR) is 124 cm³/mol. The first-order valence-electron chi connectivity index (χ1n) is 10.4. The summed E-state index contributed by atoms with van der Waals surface area (Å²) in [7, 11) is -3.46. The minimum atomic E-state index is -3.46. The highest BCUT2D eigenvalue weighted by Crippen LogP contribution is 2.43. The molecule has 1 fully saturated rings. The molecule has 2 aromatic carbocycles. The van der Waals surface area contributed by atoms with Crippen LogP contribution in [0, 0.1) is 0 Å². The van der Waals surface area contributed by atoms with Gasteiger partial charge in [0.1, 0.15) is 5.69 Å². The maximum absolute atomic E-state index is 12.4. The van der Waals surface area contributed by atoms with Gasteiger partial charge in [0, 0.05) is 30.1 Å². The number of aliphatic hydroxyl groups excluding tert-OH is 1. The molecule has 1 aliphatic rings. The lowest BCUT2D eigenvalue weighted by atomic mass is 9.99. The molecule has 170 valence electrons. The smallest absolute Gasteiger partial charge is 0.268 e. The number of carbonyl (C=O) groups excluding carboxylic acids is 1. The van der Waals surface area contributed by atoms with E-state index in [-0.39, 0.29) is 25.4 Å². The van der Waals surface area contributed by atoms with E-state index in [9.17, 15) is 13.2 Å². The van der Waals surface area contributed by atoms with Gasteiger partial charge >= 0.3 is 0 Å². The first-order valence-corrected chi connectivity index (χ1v) is 12.6. The number of rotatable bonds is 9. The van der Waals surface area contributed by atoms with Crippen LogP contribution in [0.5, 0.6) is 0 Å². The maximum atomic E-state index is 12.4. The van der Waals surface area contributed by atoms with Crippen LogP contribution in [0.4, 0.5) is 0 Å². The van der Waals surface area contributed by atoms with E-state index in [1.807, 2.05) is 12.1 Å². The third-order valence-corrected chi connectivity index (χ3v) is 7.14. The van der Waals surface area contributed by atoms with Gasteiger partial charge < -0.3 is 10.8 Å². The Bertz CT molecular complexity index is 1270. The van der Waals surface area contributed by atoms with Crippen LogP contribution in [0.15, 0.2) is 36.4 Å². The van der Waals surface area contributed by atoms with Crippen LogP contribution < -0.4 is 5.73 Å². The van der Waals surface area contributed by atoms with Crippen molar-refractivity contribution < 1.29 is 18.3 Å². The summed E-state index contributed by atoms with van der Waals surface area (Å²) in [5, 5.41) is 15.0. The van der Waals surface area contributed by atoms with Crippen molar-refractivity contribution in [1.82, 2.24) is 14.1 Å². The third-order valence-electron chi connectivity index (χ3n) is 5.64. The average molecular weight is 477 g/mol. The summed E-state index contributed by atoms with van der Waals surface area (Å²) in [4.78, 5) is 12.4. The van der Waals surface area contributed by atoms with Crippen LogP contribution in [0.3, 0.4) is 0 Å². The van der Waals surface area contributed by atoms with E-state index in [4.69, 9.17) is 22.4 Å². The van der Waals surface area contributed by atoms with E-state index in [2.05, 4.69) is 5.10 Å². The van der Waals surface area contributed by atoms with Crippen LogP contribution >= 0.6 is 11.6 Å². The summed E-state index contributed by atoms with van der Waals surface area (Å²) < 4.78 is 27.5. The van der Waals surface area contributed by atoms with Gasteiger partial charge in [0.15, 0.2) is 0 Å². The lowest BCUT2D eigenvalue weighted by molar-refractivity contribution is 0.0994. The highest BCUT2D eigenvalue weighted by atomic mass is 35.5. The molecule has 0 radical (unpaired) electrons. The minimum absolute atomic E-state index is 0.0893. The van der Waals surface area contributed by atoms with E-state index in [0.717, 1.165) is 24.0 Å². The van der Waals surface area contributed by atoms with Gasteiger partial charge in [-0.3, -0.25) is 4.79 Å². The molecular formula is C22H25ClN4O4S. The fourth-order valence-electron chi connectivity index (χ4n) is 3.91. The van der Waals surface area contributed by atoms with Crippen LogP contribution in [0.1, 0.15) is 46.8 Å². The second kappa shape index (κ2) is 8.82. The van der Waals surface area contributed by atoms with Crippen molar-refractivity contribution in [2.24, 2.45) is 5.73 Å². The molecule has 0 saturated heterocycles. The molecule has 32 heavy (non-hydrogen) atoms. The van der Waals surface area contributed by atoms with E-state index in [1.54, 1.807) is 24.3 Å². The highest BCUT2D eigenvalue weighted by molar-refractivity contribution is 7.88. The van der Waals surface area contributed by atoms with Gasteiger partial charge in [-0.1, -0.05) is 11.6 Å². The number of sulfonamides is 1. The summed E-state index contributed by atoms with van der Waals surface area (Å²) in [5.74, 6) is -0.286. The topological polar surface area (TPSA) is 119 Å². The second-order valence-corrected chi connectivity index (χ2v) is 10.5. The van der Waals surface area contributed by atoms with Crippen molar-refractivity contribution in [3.8, 4) is 5.69 Å². The van der Waals surface area contributed by atoms with Gasteiger partial charge in [0.05, 0.1) is 17.5 Å². The summed E-state index contributed by atoms with van der Waals surface area (Å²) in [6.07, 6.45) is 3.53. The van der Waals surface area contributed by atoms with Gasteiger partial charge in [-0.15, -0.1) is 0 Å². The standard InChI is InChI=1S/C22H25ClN4O4S/c1-32(30,31)26(9-2-10-28)13-15-11-20-19(12-18(15)14-3-4-14)21(22(24)29)27(25-20)17-7-5-16(23)6-8-17/h5-8,11-12,14,28H,2-4,9-10,13H2,1H3,(H2,24,29). The van der Waals surface area contributed by atoms with Gasteiger partial charge in [-0.2, -0.15) is 9.40 Å². The molecule has 8 nitrogen and oxygen atoms in total. The number of carbonyl (C=O) groups is 1. The Morgan fingerprint density at radius 3 is 2.53 bits per heavy atom. The van der Waals surface area contributed by atoms with Gasteiger partial charge in [-0.05, 0) is 72.7 Å². The normalized spacial score (nSPS) is 14.4. The minimum Gasteiger partial charge on any atom is -0.396 e. The number of nitrogens with two attached hydrogens (primary N) is 1. The molecule has 3 N–H and O–H groups in total. The Kier molecular flexibility index (Phi) is 6.26. The summed E-state index contributed by atoms with van der Waals surface area (Å²) in [6, 6.07) is 10.7. The van der Waals surface area contributed by atoms with Gasteiger partial charge in [-0.25, -0.2) is 13.1 Å². The third kappa shape index (κ3) is 4.66. The first-order chi connectivity index (χ1) is 15.2. The second-order valence-electron chi connectivity index (χ2n) is 8.12. The summed E-state index contributed by atoms with van der Waals surface area (Å²) in [6.45, 7) is 0.317. The predicted octanol–water partition coefficient (Wildman–Crippen LogP) is 2.80. The van der Waals surface area contributed by atoms with Crippen molar-refractivity contribution in [1.29, 1.82) is 0 Å². The van der Waals surface area contributed by atoms with Gasteiger partial charge in [0.25, 0.3) is 5.91 Å². The number of aromatic nitrogens is 2. The molecule has 1 aliphatic carbocycles. The summed E-state index contributed by atoms with van der Waals surface area (Å²) >= 11 is 5.99.